The standard InChI is InChI=1S/C24H35FN4O4/c1-24(2,3)33-22(31)6-4-5-11-28-12-14-29(15-13-28)20-9-7-17(16-18(20)25)26-19-8-10-21(30)27-23(19)32/h7,9,16,19,26H,4-6,8,10-15H2,1-3H3,(H,27,30,32). The first kappa shape index (κ1) is 25.0. The molecule has 1 aromatic carbocycles. The van der Waals surface area contributed by atoms with Crippen LogP contribution in [0.25, 0.3) is 0 Å². The lowest BCUT2D eigenvalue weighted by Crippen LogP contribution is -2.47. The van der Waals surface area contributed by atoms with Gasteiger partial charge in [-0.1, -0.05) is 0 Å². The SMILES string of the molecule is CC(C)(C)OC(=O)CCCCN1CCN(c2ccc(NC3CCC(=O)NC3=O)cc2F)CC1. The molecule has 1 aromatic rings. The number of imide groups is 1. The Morgan fingerprint density at radius 1 is 1.18 bits per heavy atom. The molecule has 2 aliphatic rings. The van der Waals surface area contributed by atoms with Crippen LogP contribution in [-0.2, 0) is 19.1 Å². The summed E-state index contributed by atoms with van der Waals surface area (Å²) in [6.45, 7) is 9.64. The summed E-state index contributed by atoms with van der Waals surface area (Å²) in [5, 5.41) is 5.31. The second-order valence-corrected chi connectivity index (χ2v) is 9.69. The van der Waals surface area contributed by atoms with Gasteiger partial charge in [0.15, 0.2) is 0 Å². The monoisotopic (exact) mass is 462 g/mol. The van der Waals surface area contributed by atoms with Crippen LogP contribution in [0.4, 0.5) is 15.8 Å². The Bertz CT molecular complexity index is 863. The Morgan fingerprint density at radius 3 is 2.55 bits per heavy atom. The van der Waals surface area contributed by atoms with Gasteiger partial charge in [-0.2, -0.15) is 0 Å². The number of hydrogen-bond donors (Lipinski definition) is 2. The quantitative estimate of drug-likeness (QED) is 0.349. The number of carbonyl (C=O) groups excluding carboxylic acids is 3. The van der Waals surface area contributed by atoms with Gasteiger partial charge in [-0.05, 0) is 64.8 Å². The van der Waals surface area contributed by atoms with E-state index in [2.05, 4.69) is 15.5 Å². The smallest absolute Gasteiger partial charge is 0.306 e. The van der Waals surface area contributed by atoms with Gasteiger partial charge in [0.25, 0.3) is 0 Å². The second-order valence-electron chi connectivity index (χ2n) is 9.69. The van der Waals surface area contributed by atoms with Gasteiger partial charge in [0, 0.05) is 44.7 Å². The molecule has 1 atom stereocenters. The van der Waals surface area contributed by atoms with E-state index in [9.17, 15) is 18.8 Å². The van der Waals surface area contributed by atoms with Crippen LogP contribution in [0.3, 0.4) is 0 Å². The molecule has 2 saturated heterocycles. The maximum Gasteiger partial charge on any atom is 0.306 e. The molecule has 3 rings (SSSR count). The van der Waals surface area contributed by atoms with Crippen LogP contribution in [0.15, 0.2) is 18.2 Å². The number of unbranched alkanes of at least 4 members (excludes halogenated alkanes) is 1. The molecule has 0 radical (unpaired) electrons. The van der Waals surface area contributed by atoms with E-state index >= 15 is 0 Å². The van der Waals surface area contributed by atoms with Gasteiger partial charge in [-0.3, -0.25) is 24.6 Å². The van der Waals surface area contributed by atoms with E-state index in [1.165, 1.54) is 6.07 Å². The topological polar surface area (TPSA) is 91.0 Å². The van der Waals surface area contributed by atoms with E-state index in [0.29, 0.717) is 24.2 Å². The largest absolute Gasteiger partial charge is 0.460 e. The number of esters is 1. The fourth-order valence-corrected chi connectivity index (χ4v) is 4.10. The van der Waals surface area contributed by atoms with Gasteiger partial charge < -0.3 is 15.0 Å². The van der Waals surface area contributed by atoms with Crippen molar-refractivity contribution in [3.05, 3.63) is 24.0 Å². The number of hydrogen-bond acceptors (Lipinski definition) is 7. The number of anilines is 2. The second kappa shape index (κ2) is 11.0. The molecule has 2 heterocycles. The van der Waals surface area contributed by atoms with Gasteiger partial charge >= 0.3 is 5.97 Å². The van der Waals surface area contributed by atoms with Crippen LogP contribution < -0.4 is 15.5 Å². The number of carbonyl (C=O) groups is 3. The fraction of sp³-hybridized carbons (Fsp3) is 0.625. The molecular weight excluding hydrogens is 427 g/mol. The van der Waals surface area contributed by atoms with Crippen LogP contribution in [0, 0.1) is 5.82 Å². The highest BCUT2D eigenvalue weighted by Gasteiger charge is 2.27. The summed E-state index contributed by atoms with van der Waals surface area (Å²) in [7, 11) is 0. The number of nitrogens with one attached hydrogen (secondary N) is 2. The minimum Gasteiger partial charge on any atom is -0.460 e. The number of rotatable bonds is 8. The van der Waals surface area contributed by atoms with Crippen LogP contribution in [0.5, 0.6) is 0 Å². The Hall–Kier alpha value is -2.68. The van der Waals surface area contributed by atoms with E-state index in [1.807, 2.05) is 25.7 Å². The van der Waals surface area contributed by atoms with E-state index < -0.39 is 11.6 Å². The maximum atomic E-state index is 14.8. The van der Waals surface area contributed by atoms with Crippen molar-refractivity contribution in [1.82, 2.24) is 10.2 Å². The van der Waals surface area contributed by atoms with Crippen molar-refractivity contribution in [2.75, 3.05) is 42.9 Å². The van der Waals surface area contributed by atoms with Gasteiger partial charge in [0.05, 0.1) is 5.69 Å². The zero-order valence-corrected chi connectivity index (χ0v) is 19.8. The molecule has 0 saturated carbocycles. The van der Waals surface area contributed by atoms with E-state index in [4.69, 9.17) is 4.74 Å². The third-order valence-corrected chi connectivity index (χ3v) is 5.77. The number of benzene rings is 1. The zero-order valence-electron chi connectivity index (χ0n) is 19.8. The maximum absolute atomic E-state index is 14.8. The predicted molar refractivity (Wildman–Crippen MR) is 125 cm³/mol. The average Bonchev–Trinajstić information content (AvgIpc) is 2.73. The van der Waals surface area contributed by atoms with Gasteiger partial charge in [-0.15, -0.1) is 0 Å². The molecule has 0 bridgehead atoms. The van der Waals surface area contributed by atoms with Crippen molar-refractivity contribution >= 4 is 29.2 Å². The third kappa shape index (κ3) is 7.70. The molecule has 182 valence electrons. The fourth-order valence-electron chi connectivity index (χ4n) is 4.10. The zero-order chi connectivity index (χ0) is 24.0. The summed E-state index contributed by atoms with van der Waals surface area (Å²) in [6, 6.07) is 4.37. The molecule has 0 spiro atoms. The van der Waals surface area contributed by atoms with Crippen molar-refractivity contribution in [2.24, 2.45) is 0 Å². The lowest BCUT2D eigenvalue weighted by Gasteiger charge is -2.36. The average molecular weight is 463 g/mol. The van der Waals surface area contributed by atoms with Crippen LogP contribution in [0.2, 0.25) is 0 Å². The number of piperazine rings is 1. The lowest BCUT2D eigenvalue weighted by atomic mass is 10.1. The first-order valence-corrected chi connectivity index (χ1v) is 11.7. The highest BCUT2D eigenvalue weighted by Crippen LogP contribution is 2.25. The Morgan fingerprint density at radius 2 is 1.91 bits per heavy atom. The summed E-state index contributed by atoms with van der Waals surface area (Å²) < 4.78 is 20.1. The van der Waals surface area contributed by atoms with E-state index in [1.54, 1.807) is 12.1 Å². The first-order valence-electron chi connectivity index (χ1n) is 11.7. The van der Waals surface area contributed by atoms with Crippen molar-refractivity contribution in [2.45, 2.75) is 64.5 Å². The summed E-state index contributed by atoms with van der Waals surface area (Å²) in [5.41, 5.74) is 0.629. The Labute approximate surface area is 194 Å². The Balaban J connectivity index is 1.41. The molecule has 2 amide bonds. The van der Waals surface area contributed by atoms with Crippen LogP contribution in [-0.4, -0.2) is 67.1 Å². The van der Waals surface area contributed by atoms with Crippen molar-refractivity contribution in [3.8, 4) is 0 Å². The molecule has 33 heavy (non-hydrogen) atoms. The minimum absolute atomic E-state index is 0.154. The first-order chi connectivity index (χ1) is 15.6. The molecule has 0 aliphatic carbocycles. The van der Waals surface area contributed by atoms with Crippen LogP contribution >= 0.6 is 0 Å². The molecule has 2 aliphatic heterocycles. The van der Waals surface area contributed by atoms with E-state index in [-0.39, 0.29) is 30.0 Å². The van der Waals surface area contributed by atoms with Crippen molar-refractivity contribution in [3.63, 3.8) is 0 Å². The van der Waals surface area contributed by atoms with Crippen molar-refractivity contribution < 1.29 is 23.5 Å². The lowest BCUT2D eigenvalue weighted by molar-refractivity contribution is -0.155. The molecule has 8 nitrogen and oxygen atoms in total. The normalized spacial score (nSPS) is 19.9. The minimum atomic E-state index is -0.535. The highest BCUT2D eigenvalue weighted by molar-refractivity contribution is 6.01. The number of halogens is 1. The molecule has 1 unspecified atom stereocenters. The summed E-state index contributed by atoms with van der Waals surface area (Å²) in [4.78, 5) is 39.3. The van der Waals surface area contributed by atoms with Gasteiger partial charge in [-0.25, -0.2) is 4.39 Å². The molecule has 2 N–H and O–H groups in total. The number of ether oxygens (including phenoxy) is 1. The molecule has 9 heteroatoms. The van der Waals surface area contributed by atoms with Gasteiger partial charge in [0.1, 0.15) is 17.5 Å². The number of amides is 2. The van der Waals surface area contributed by atoms with E-state index in [0.717, 1.165) is 45.6 Å². The van der Waals surface area contributed by atoms with Crippen LogP contribution in [0.1, 0.15) is 52.9 Å². The Kier molecular flexibility index (Phi) is 8.29. The molecule has 2 fully saturated rings. The van der Waals surface area contributed by atoms with Crippen molar-refractivity contribution in [1.29, 1.82) is 0 Å². The number of piperidine rings is 1. The molecular formula is C24H35FN4O4. The highest BCUT2D eigenvalue weighted by atomic mass is 19.1. The summed E-state index contributed by atoms with van der Waals surface area (Å²) in [6.07, 6.45) is 2.82. The predicted octanol–water partition coefficient (Wildman–Crippen LogP) is 2.68. The molecule has 0 aromatic heterocycles. The summed E-state index contributed by atoms with van der Waals surface area (Å²) >= 11 is 0. The summed E-state index contributed by atoms with van der Waals surface area (Å²) in [5.74, 6) is -1.14. The third-order valence-electron chi connectivity index (χ3n) is 5.77. The van der Waals surface area contributed by atoms with Gasteiger partial charge in [0.2, 0.25) is 11.8 Å². The number of nitrogens with zero attached hydrogens (tertiary/aromatic N) is 2.